The van der Waals surface area contributed by atoms with Gasteiger partial charge in [-0.15, -0.1) is 0 Å². The average molecular weight is 213 g/mol. The van der Waals surface area contributed by atoms with E-state index in [1.807, 2.05) is 6.92 Å². The van der Waals surface area contributed by atoms with Gasteiger partial charge >= 0.3 is 5.97 Å². The van der Waals surface area contributed by atoms with E-state index in [1.54, 1.807) is 6.92 Å². The largest absolute Gasteiger partial charge is 0.463 e. The molecule has 1 atom stereocenters. The third kappa shape index (κ3) is 2.96. The number of hydrogen-bond acceptors (Lipinski definition) is 4. The van der Waals surface area contributed by atoms with Crippen LogP contribution >= 0.6 is 0 Å². The van der Waals surface area contributed by atoms with Crippen molar-refractivity contribution in [2.75, 3.05) is 13.2 Å². The van der Waals surface area contributed by atoms with Gasteiger partial charge in [-0.2, -0.15) is 0 Å². The Labute approximate surface area is 90.4 Å². The lowest BCUT2D eigenvalue weighted by atomic mass is 10.2. The minimum Gasteiger partial charge on any atom is -0.463 e. The number of carbonyl (C=O) groups excluding carboxylic acids is 1. The molecule has 1 aliphatic rings. The van der Waals surface area contributed by atoms with E-state index in [0.717, 1.165) is 12.8 Å². The Morgan fingerprint density at radius 3 is 2.87 bits per heavy atom. The Hall–Kier alpha value is -1.03. The van der Waals surface area contributed by atoms with E-state index >= 15 is 0 Å². The van der Waals surface area contributed by atoms with E-state index in [1.165, 1.54) is 0 Å². The summed E-state index contributed by atoms with van der Waals surface area (Å²) in [6.45, 7) is 4.90. The molecule has 86 valence electrons. The summed E-state index contributed by atoms with van der Waals surface area (Å²) in [5.74, 6) is -0.294. The maximum absolute atomic E-state index is 11.5. The van der Waals surface area contributed by atoms with Gasteiger partial charge in [0.05, 0.1) is 18.3 Å². The summed E-state index contributed by atoms with van der Waals surface area (Å²) in [6.07, 6.45) is 2.32. The topological polar surface area (TPSA) is 61.5 Å². The molecule has 15 heavy (non-hydrogen) atoms. The van der Waals surface area contributed by atoms with Gasteiger partial charge in [0.25, 0.3) is 0 Å². The van der Waals surface area contributed by atoms with Gasteiger partial charge in [-0.05, 0) is 26.2 Å². The molecule has 0 spiro atoms. The molecule has 0 amide bonds. The SMILES string of the molecule is CCCOC1CCC(C(=O)OCC)=C1N. The molecule has 0 aromatic carbocycles. The number of hydrogen-bond donors (Lipinski definition) is 1. The van der Waals surface area contributed by atoms with Crippen molar-refractivity contribution in [3.8, 4) is 0 Å². The number of rotatable bonds is 5. The molecular weight excluding hydrogens is 194 g/mol. The zero-order valence-electron chi connectivity index (χ0n) is 9.41. The molecule has 0 bridgehead atoms. The zero-order chi connectivity index (χ0) is 11.3. The molecule has 0 saturated carbocycles. The highest BCUT2D eigenvalue weighted by Gasteiger charge is 2.28. The highest BCUT2D eigenvalue weighted by Crippen LogP contribution is 2.26. The van der Waals surface area contributed by atoms with Crippen LogP contribution in [0.5, 0.6) is 0 Å². The fraction of sp³-hybridized carbons (Fsp3) is 0.727. The molecule has 1 rings (SSSR count). The third-order valence-electron chi connectivity index (χ3n) is 2.40. The van der Waals surface area contributed by atoms with Gasteiger partial charge in [-0.25, -0.2) is 4.79 Å². The Bertz CT molecular complexity index is 261. The Morgan fingerprint density at radius 2 is 2.27 bits per heavy atom. The molecule has 0 aromatic rings. The van der Waals surface area contributed by atoms with Crippen molar-refractivity contribution >= 4 is 5.97 Å². The third-order valence-corrected chi connectivity index (χ3v) is 2.40. The van der Waals surface area contributed by atoms with Crippen LogP contribution in [0, 0.1) is 0 Å². The Morgan fingerprint density at radius 1 is 1.53 bits per heavy atom. The zero-order valence-corrected chi connectivity index (χ0v) is 9.41. The van der Waals surface area contributed by atoms with Crippen molar-refractivity contribution in [1.29, 1.82) is 0 Å². The van der Waals surface area contributed by atoms with Crippen LogP contribution in [0.15, 0.2) is 11.3 Å². The predicted molar refractivity (Wildman–Crippen MR) is 57.1 cm³/mol. The summed E-state index contributed by atoms with van der Waals surface area (Å²) in [7, 11) is 0. The van der Waals surface area contributed by atoms with Crippen LogP contribution in [-0.2, 0) is 14.3 Å². The monoisotopic (exact) mass is 213 g/mol. The van der Waals surface area contributed by atoms with Crippen LogP contribution in [0.4, 0.5) is 0 Å². The molecule has 1 aliphatic carbocycles. The molecule has 0 fully saturated rings. The van der Waals surface area contributed by atoms with E-state index in [0.29, 0.717) is 30.9 Å². The lowest BCUT2D eigenvalue weighted by Crippen LogP contribution is -2.20. The highest BCUT2D eigenvalue weighted by molar-refractivity contribution is 5.90. The van der Waals surface area contributed by atoms with Gasteiger partial charge in [0.15, 0.2) is 0 Å². The molecule has 0 radical (unpaired) electrons. The summed E-state index contributed by atoms with van der Waals surface area (Å²) < 4.78 is 10.4. The lowest BCUT2D eigenvalue weighted by molar-refractivity contribution is -0.138. The van der Waals surface area contributed by atoms with Gasteiger partial charge in [-0.1, -0.05) is 6.92 Å². The summed E-state index contributed by atoms with van der Waals surface area (Å²) in [5, 5.41) is 0. The number of esters is 1. The molecular formula is C11H19NO3. The first-order valence-corrected chi connectivity index (χ1v) is 5.47. The number of nitrogens with two attached hydrogens (primary N) is 1. The lowest BCUT2D eigenvalue weighted by Gasteiger charge is -2.12. The van der Waals surface area contributed by atoms with E-state index in [9.17, 15) is 4.79 Å². The quantitative estimate of drug-likeness (QED) is 0.700. The average Bonchev–Trinajstić information content (AvgIpc) is 2.57. The van der Waals surface area contributed by atoms with E-state index < -0.39 is 0 Å². The van der Waals surface area contributed by atoms with Crippen molar-refractivity contribution in [1.82, 2.24) is 0 Å². The smallest absolute Gasteiger partial charge is 0.335 e. The summed E-state index contributed by atoms with van der Waals surface area (Å²) in [5.41, 5.74) is 7.00. The van der Waals surface area contributed by atoms with Crippen LogP contribution in [0.3, 0.4) is 0 Å². The predicted octanol–water partition coefficient (Wildman–Crippen LogP) is 1.35. The number of ether oxygens (including phenoxy) is 2. The molecule has 0 saturated heterocycles. The molecule has 1 unspecified atom stereocenters. The molecule has 4 nitrogen and oxygen atoms in total. The van der Waals surface area contributed by atoms with Gasteiger partial charge in [0.2, 0.25) is 0 Å². The highest BCUT2D eigenvalue weighted by atomic mass is 16.5. The minimum atomic E-state index is -0.294. The van der Waals surface area contributed by atoms with E-state index in [4.69, 9.17) is 15.2 Å². The van der Waals surface area contributed by atoms with Crippen LogP contribution in [-0.4, -0.2) is 25.3 Å². The van der Waals surface area contributed by atoms with Crippen LogP contribution in [0.2, 0.25) is 0 Å². The summed E-state index contributed by atoms with van der Waals surface area (Å²) in [6, 6.07) is 0. The molecule has 0 heterocycles. The maximum Gasteiger partial charge on any atom is 0.335 e. The second-order valence-corrected chi connectivity index (χ2v) is 3.55. The molecule has 0 aliphatic heterocycles. The molecule has 2 N–H and O–H groups in total. The molecule has 4 heteroatoms. The fourth-order valence-electron chi connectivity index (χ4n) is 1.64. The van der Waals surface area contributed by atoms with Crippen LogP contribution < -0.4 is 5.73 Å². The second kappa shape index (κ2) is 5.75. The standard InChI is InChI=1S/C11H19NO3/c1-3-7-15-9-6-5-8(10(9)12)11(13)14-4-2/h9H,3-7,12H2,1-2H3. The van der Waals surface area contributed by atoms with Crippen molar-refractivity contribution in [2.24, 2.45) is 5.73 Å². The van der Waals surface area contributed by atoms with Crippen molar-refractivity contribution in [3.63, 3.8) is 0 Å². The van der Waals surface area contributed by atoms with Gasteiger partial charge in [0.1, 0.15) is 0 Å². The van der Waals surface area contributed by atoms with Crippen molar-refractivity contribution < 1.29 is 14.3 Å². The summed E-state index contributed by atoms with van der Waals surface area (Å²) >= 11 is 0. The first-order valence-electron chi connectivity index (χ1n) is 5.47. The molecule has 0 aromatic heterocycles. The van der Waals surface area contributed by atoms with E-state index in [2.05, 4.69) is 0 Å². The maximum atomic E-state index is 11.5. The number of carbonyl (C=O) groups is 1. The Balaban J connectivity index is 2.57. The first kappa shape index (κ1) is 12.0. The van der Waals surface area contributed by atoms with Crippen LogP contribution in [0.1, 0.15) is 33.1 Å². The normalized spacial score (nSPS) is 20.8. The van der Waals surface area contributed by atoms with Gasteiger partial charge in [0, 0.05) is 12.3 Å². The van der Waals surface area contributed by atoms with Gasteiger partial charge < -0.3 is 15.2 Å². The second-order valence-electron chi connectivity index (χ2n) is 3.55. The first-order chi connectivity index (χ1) is 7.20. The Kier molecular flexibility index (Phi) is 4.62. The van der Waals surface area contributed by atoms with Crippen molar-refractivity contribution in [2.45, 2.75) is 39.2 Å². The van der Waals surface area contributed by atoms with Crippen LogP contribution in [0.25, 0.3) is 0 Å². The summed E-state index contributed by atoms with van der Waals surface area (Å²) in [4.78, 5) is 11.5. The van der Waals surface area contributed by atoms with Gasteiger partial charge in [-0.3, -0.25) is 0 Å². The minimum absolute atomic E-state index is 0.0932. The van der Waals surface area contributed by atoms with Crippen molar-refractivity contribution in [3.05, 3.63) is 11.3 Å². The van der Waals surface area contributed by atoms with E-state index in [-0.39, 0.29) is 12.1 Å². The fourth-order valence-corrected chi connectivity index (χ4v) is 1.64.